The highest BCUT2D eigenvalue weighted by Crippen LogP contribution is 2.35. The first-order valence-electron chi connectivity index (χ1n) is 5.13. The fourth-order valence-electron chi connectivity index (χ4n) is 1.93. The van der Waals surface area contributed by atoms with Crippen LogP contribution in [0.2, 0.25) is 0 Å². The highest BCUT2D eigenvalue weighted by atomic mass is 14.3. The Morgan fingerprint density at radius 2 is 2.18 bits per heavy atom. The van der Waals surface area contributed by atoms with Gasteiger partial charge in [-0.25, -0.2) is 0 Å². The third-order valence-electron chi connectivity index (χ3n) is 2.96. The summed E-state index contributed by atoms with van der Waals surface area (Å²) in [6.07, 6.45) is 14.1. The standard InChI is InChI=1S/C11H18/c1-2-4-10(5-3-1)6-7-11-8-9-11/h4,11H,1-3,5-9H2. The zero-order chi connectivity index (χ0) is 7.52. The van der Waals surface area contributed by atoms with Crippen LogP contribution in [0, 0.1) is 5.92 Å². The van der Waals surface area contributed by atoms with Crippen LogP contribution in [0.25, 0.3) is 0 Å². The van der Waals surface area contributed by atoms with E-state index in [9.17, 15) is 0 Å². The lowest BCUT2D eigenvalue weighted by atomic mass is 9.95. The number of hydrogen-bond acceptors (Lipinski definition) is 0. The van der Waals surface area contributed by atoms with Crippen LogP contribution in [0.15, 0.2) is 11.6 Å². The second-order valence-corrected chi connectivity index (χ2v) is 4.09. The lowest BCUT2D eigenvalue weighted by molar-refractivity contribution is 0.637. The van der Waals surface area contributed by atoms with Gasteiger partial charge in [-0.05, 0) is 44.4 Å². The molecule has 0 radical (unpaired) electrons. The van der Waals surface area contributed by atoms with Crippen molar-refractivity contribution in [2.45, 2.75) is 51.4 Å². The van der Waals surface area contributed by atoms with Gasteiger partial charge in [0, 0.05) is 0 Å². The quantitative estimate of drug-likeness (QED) is 0.538. The lowest BCUT2D eigenvalue weighted by Crippen LogP contribution is -1.92. The minimum absolute atomic E-state index is 1.12. The molecule has 0 aromatic heterocycles. The average Bonchev–Trinajstić information content (AvgIpc) is 2.86. The second-order valence-electron chi connectivity index (χ2n) is 4.09. The highest BCUT2D eigenvalue weighted by Gasteiger charge is 2.20. The molecule has 0 N–H and O–H groups in total. The van der Waals surface area contributed by atoms with Crippen molar-refractivity contribution in [2.75, 3.05) is 0 Å². The Hall–Kier alpha value is -0.260. The summed E-state index contributed by atoms with van der Waals surface area (Å²) in [6.45, 7) is 0. The van der Waals surface area contributed by atoms with E-state index in [2.05, 4.69) is 6.08 Å². The third kappa shape index (κ3) is 2.36. The van der Waals surface area contributed by atoms with E-state index in [0.717, 1.165) is 5.92 Å². The molecule has 0 nitrogen and oxygen atoms in total. The SMILES string of the molecule is C1=C(CCC2CC2)CCCC1. The number of rotatable bonds is 3. The Balaban J connectivity index is 1.70. The molecule has 0 amide bonds. The smallest absolute Gasteiger partial charge is 0.0318 e. The Kier molecular flexibility index (Phi) is 2.30. The van der Waals surface area contributed by atoms with Crippen molar-refractivity contribution in [3.05, 3.63) is 11.6 Å². The molecule has 1 fully saturated rings. The minimum Gasteiger partial charge on any atom is -0.0853 e. The monoisotopic (exact) mass is 150 g/mol. The van der Waals surface area contributed by atoms with Gasteiger partial charge in [0.05, 0.1) is 0 Å². The van der Waals surface area contributed by atoms with Crippen LogP contribution in [0.5, 0.6) is 0 Å². The van der Waals surface area contributed by atoms with E-state index in [1.165, 1.54) is 51.4 Å². The van der Waals surface area contributed by atoms with Crippen molar-refractivity contribution in [2.24, 2.45) is 5.92 Å². The molecule has 62 valence electrons. The summed E-state index contributed by atoms with van der Waals surface area (Å²) in [4.78, 5) is 0. The maximum absolute atomic E-state index is 2.49. The Morgan fingerprint density at radius 1 is 1.27 bits per heavy atom. The summed E-state index contributed by atoms with van der Waals surface area (Å²) in [6, 6.07) is 0. The summed E-state index contributed by atoms with van der Waals surface area (Å²) in [5.41, 5.74) is 1.77. The Bertz CT molecular complexity index is 151. The van der Waals surface area contributed by atoms with Gasteiger partial charge in [0.2, 0.25) is 0 Å². The maximum atomic E-state index is 2.49. The first kappa shape index (κ1) is 7.39. The van der Waals surface area contributed by atoms with Crippen molar-refractivity contribution in [3.8, 4) is 0 Å². The number of allylic oxidation sites excluding steroid dienone is 2. The summed E-state index contributed by atoms with van der Waals surface area (Å²) in [5.74, 6) is 1.12. The molecule has 0 atom stereocenters. The van der Waals surface area contributed by atoms with Crippen molar-refractivity contribution >= 4 is 0 Å². The van der Waals surface area contributed by atoms with E-state index < -0.39 is 0 Å². The first-order valence-corrected chi connectivity index (χ1v) is 5.13. The van der Waals surface area contributed by atoms with Crippen molar-refractivity contribution in [3.63, 3.8) is 0 Å². The van der Waals surface area contributed by atoms with Gasteiger partial charge in [0.1, 0.15) is 0 Å². The molecule has 0 aromatic rings. The second kappa shape index (κ2) is 3.42. The van der Waals surface area contributed by atoms with Crippen LogP contribution >= 0.6 is 0 Å². The molecular weight excluding hydrogens is 132 g/mol. The molecule has 0 bridgehead atoms. The van der Waals surface area contributed by atoms with Crippen molar-refractivity contribution in [1.82, 2.24) is 0 Å². The van der Waals surface area contributed by atoms with Gasteiger partial charge in [-0.1, -0.05) is 24.5 Å². The first-order chi connectivity index (χ1) is 5.45. The van der Waals surface area contributed by atoms with E-state index in [4.69, 9.17) is 0 Å². The van der Waals surface area contributed by atoms with E-state index in [1.807, 2.05) is 0 Å². The summed E-state index contributed by atoms with van der Waals surface area (Å²) < 4.78 is 0. The Morgan fingerprint density at radius 3 is 2.82 bits per heavy atom. The molecule has 0 aromatic carbocycles. The maximum Gasteiger partial charge on any atom is -0.0318 e. The van der Waals surface area contributed by atoms with Crippen LogP contribution in [-0.4, -0.2) is 0 Å². The van der Waals surface area contributed by atoms with Gasteiger partial charge >= 0.3 is 0 Å². The molecule has 0 saturated heterocycles. The molecular formula is C11H18. The van der Waals surface area contributed by atoms with E-state index in [-0.39, 0.29) is 0 Å². The van der Waals surface area contributed by atoms with Gasteiger partial charge in [0.15, 0.2) is 0 Å². The molecule has 0 aliphatic heterocycles. The van der Waals surface area contributed by atoms with Crippen LogP contribution in [0.1, 0.15) is 51.4 Å². The number of hydrogen-bond donors (Lipinski definition) is 0. The largest absolute Gasteiger partial charge is 0.0853 e. The molecule has 0 heterocycles. The molecule has 2 rings (SSSR count). The zero-order valence-electron chi connectivity index (χ0n) is 7.31. The van der Waals surface area contributed by atoms with Crippen LogP contribution in [0.4, 0.5) is 0 Å². The van der Waals surface area contributed by atoms with Crippen molar-refractivity contribution < 1.29 is 0 Å². The predicted octanol–water partition coefficient (Wildman–Crippen LogP) is 3.68. The lowest BCUT2D eigenvalue weighted by Gasteiger charge is -2.11. The van der Waals surface area contributed by atoms with Gasteiger partial charge < -0.3 is 0 Å². The molecule has 2 aliphatic rings. The fraction of sp³-hybridized carbons (Fsp3) is 0.818. The molecule has 11 heavy (non-hydrogen) atoms. The molecule has 0 unspecified atom stereocenters. The summed E-state index contributed by atoms with van der Waals surface area (Å²) in [7, 11) is 0. The van der Waals surface area contributed by atoms with E-state index in [0.29, 0.717) is 0 Å². The van der Waals surface area contributed by atoms with Gasteiger partial charge in [-0.15, -0.1) is 0 Å². The normalized spacial score (nSPS) is 24.9. The van der Waals surface area contributed by atoms with E-state index >= 15 is 0 Å². The van der Waals surface area contributed by atoms with Crippen molar-refractivity contribution in [1.29, 1.82) is 0 Å². The fourth-order valence-corrected chi connectivity index (χ4v) is 1.93. The summed E-state index contributed by atoms with van der Waals surface area (Å²) in [5, 5.41) is 0. The van der Waals surface area contributed by atoms with Crippen LogP contribution < -0.4 is 0 Å². The predicted molar refractivity (Wildman–Crippen MR) is 48.5 cm³/mol. The third-order valence-corrected chi connectivity index (χ3v) is 2.96. The zero-order valence-corrected chi connectivity index (χ0v) is 7.31. The van der Waals surface area contributed by atoms with Gasteiger partial charge in [-0.3, -0.25) is 0 Å². The van der Waals surface area contributed by atoms with Crippen LogP contribution in [-0.2, 0) is 0 Å². The molecule has 0 heteroatoms. The summed E-state index contributed by atoms with van der Waals surface area (Å²) >= 11 is 0. The molecule has 1 saturated carbocycles. The average molecular weight is 150 g/mol. The van der Waals surface area contributed by atoms with Gasteiger partial charge in [0.25, 0.3) is 0 Å². The topological polar surface area (TPSA) is 0 Å². The van der Waals surface area contributed by atoms with Gasteiger partial charge in [-0.2, -0.15) is 0 Å². The minimum atomic E-state index is 1.12. The highest BCUT2D eigenvalue weighted by molar-refractivity contribution is 5.05. The molecule has 0 spiro atoms. The Labute approximate surface area is 69.7 Å². The van der Waals surface area contributed by atoms with Crippen LogP contribution in [0.3, 0.4) is 0 Å². The van der Waals surface area contributed by atoms with E-state index in [1.54, 1.807) is 5.57 Å². The molecule has 2 aliphatic carbocycles.